The minimum atomic E-state index is 0.784. The SMILES string of the molecule is Cc1cn(CCNc2nc(C)nc3c2CCN(CC2CC2)CC3)nn1. The van der Waals surface area contributed by atoms with Gasteiger partial charge in [-0.05, 0) is 39.0 Å². The number of rotatable bonds is 6. The summed E-state index contributed by atoms with van der Waals surface area (Å²) in [6.07, 6.45) is 6.85. The molecule has 0 radical (unpaired) electrons. The molecule has 0 bridgehead atoms. The molecular weight excluding hydrogens is 314 g/mol. The first kappa shape index (κ1) is 16.4. The van der Waals surface area contributed by atoms with Crippen molar-refractivity contribution in [3.8, 4) is 0 Å². The Bertz CT molecular complexity index is 735. The Balaban J connectivity index is 1.42. The molecule has 0 spiro atoms. The molecule has 1 fully saturated rings. The summed E-state index contributed by atoms with van der Waals surface area (Å²) in [5, 5.41) is 11.6. The maximum atomic E-state index is 4.73. The smallest absolute Gasteiger partial charge is 0.133 e. The van der Waals surface area contributed by atoms with Gasteiger partial charge in [-0.2, -0.15) is 0 Å². The normalized spacial score (nSPS) is 18.0. The quantitative estimate of drug-likeness (QED) is 0.861. The van der Waals surface area contributed by atoms with Crippen LogP contribution in [0.3, 0.4) is 0 Å². The van der Waals surface area contributed by atoms with Crippen LogP contribution in [0.4, 0.5) is 5.82 Å². The van der Waals surface area contributed by atoms with Crippen molar-refractivity contribution < 1.29 is 0 Å². The molecule has 25 heavy (non-hydrogen) atoms. The summed E-state index contributed by atoms with van der Waals surface area (Å²) in [7, 11) is 0. The lowest BCUT2D eigenvalue weighted by atomic mass is 10.1. The highest BCUT2D eigenvalue weighted by molar-refractivity contribution is 5.47. The number of aromatic nitrogens is 5. The van der Waals surface area contributed by atoms with Crippen LogP contribution in [0, 0.1) is 19.8 Å². The molecule has 0 unspecified atom stereocenters. The monoisotopic (exact) mass is 341 g/mol. The van der Waals surface area contributed by atoms with Gasteiger partial charge in [0.05, 0.1) is 17.9 Å². The van der Waals surface area contributed by atoms with Gasteiger partial charge in [0.15, 0.2) is 0 Å². The van der Waals surface area contributed by atoms with Crippen molar-refractivity contribution in [2.75, 3.05) is 31.5 Å². The number of anilines is 1. The Morgan fingerprint density at radius 2 is 2.00 bits per heavy atom. The van der Waals surface area contributed by atoms with Gasteiger partial charge in [-0.15, -0.1) is 5.10 Å². The van der Waals surface area contributed by atoms with Crippen molar-refractivity contribution in [2.45, 2.75) is 46.1 Å². The largest absolute Gasteiger partial charge is 0.368 e. The van der Waals surface area contributed by atoms with Gasteiger partial charge in [0.2, 0.25) is 0 Å². The molecule has 7 heteroatoms. The summed E-state index contributed by atoms with van der Waals surface area (Å²) in [5.41, 5.74) is 3.48. The molecule has 0 atom stereocenters. The third-order valence-corrected chi connectivity index (χ3v) is 5.05. The molecule has 4 rings (SSSR count). The Kier molecular flexibility index (Phi) is 4.65. The molecule has 0 aromatic carbocycles. The number of nitrogens with one attached hydrogen (secondary N) is 1. The molecule has 2 aliphatic rings. The van der Waals surface area contributed by atoms with E-state index < -0.39 is 0 Å². The van der Waals surface area contributed by atoms with Crippen molar-refractivity contribution in [2.24, 2.45) is 5.92 Å². The second kappa shape index (κ2) is 7.07. The van der Waals surface area contributed by atoms with E-state index in [2.05, 4.69) is 25.5 Å². The van der Waals surface area contributed by atoms with Gasteiger partial charge in [0.1, 0.15) is 11.6 Å². The second-order valence-corrected chi connectivity index (χ2v) is 7.34. The molecule has 1 saturated carbocycles. The van der Waals surface area contributed by atoms with E-state index in [1.807, 2.05) is 24.7 Å². The van der Waals surface area contributed by atoms with E-state index in [1.165, 1.54) is 30.6 Å². The highest BCUT2D eigenvalue weighted by Gasteiger charge is 2.26. The lowest BCUT2D eigenvalue weighted by Gasteiger charge is -2.18. The van der Waals surface area contributed by atoms with Crippen molar-refractivity contribution >= 4 is 5.82 Å². The van der Waals surface area contributed by atoms with Crippen molar-refractivity contribution in [1.82, 2.24) is 29.9 Å². The predicted octanol–water partition coefficient (Wildman–Crippen LogP) is 1.61. The summed E-state index contributed by atoms with van der Waals surface area (Å²) >= 11 is 0. The zero-order valence-electron chi connectivity index (χ0n) is 15.2. The standard InChI is InChI=1S/C18H27N7/c1-13-11-25(23-22-13)10-7-19-18-16-5-8-24(12-15-3-4-15)9-6-17(16)20-14(2)21-18/h11,15H,3-10,12H2,1-2H3,(H,19,20,21). The maximum Gasteiger partial charge on any atom is 0.133 e. The molecule has 1 N–H and O–H groups in total. The highest BCUT2D eigenvalue weighted by Crippen LogP contribution is 2.30. The minimum Gasteiger partial charge on any atom is -0.368 e. The predicted molar refractivity (Wildman–Crippen MR) is 96.6 cm³/mol. The number of hydrogen-bond donors (Lipinski definition) is 1. The van der Waals surface area contributed by atoms with E-state index in [0.29, 0.717) is 0 Å². The first-order chi connectivity index (χ1) is 12.2. The van der Waals surface area contributed by atoms with Gasteiger partial charge < -0.3 is 10.2 Å². The van der Waals surface area contributed by atoms with E-state index in [4.69, 9.17) is 4.98 Å². The average Bonchev–Trinajstić information content (AvgIpc) is 3.34. The maximum absolute atomic E-state index is 4.73. The van der Waals surface area contributed by atoms with Crippen LogP contribution in [-0.2, 0) is 19.4 Å². The van der Waals surface area contributed by atoms with Crippen molar-refractivity contribution in [3.63, 3.8) is 0 Å². The van der Waals surface area contributed by atoms with Crippen LogP contribution in [-0.4, -0.2) is 56.0 Å². The second-order valence-electron chi connectivity index (χ2n) is 7.34. The van der Waals surface area contributed by atoms with Crippen LogP contribution < -0.4 is 5.32 Å². The Morgan fingerprint density at radius 3 is 2.76 bits per heavy atom. The fourth-order valence-electron chi connectivity index (χ4n) is 3.56. The van der Waals surface area contributed by atoms with E-state index in [-0.39, 0.29) is 0 Å². The zero-order valence-corrected chi connectivity index (χ0v) is 15.2. The van der Waals surface area contributed by atoms with Crippen molar-refractivity contribution in [1.29, 1.82) is 0 Å². The Morgan fingerprint density at radius 1 is 1.16 bits per heavy atom. The molecule has 2 aromatic heterocycles. The first-order valence-electron chi connectivity index (χ1n) is 9.37. The topological polar surface area (TPSA) is 71.8 Å². The van der Waals surface area contributed by atoms with Crippen LogP contribution in [0.1, 0.15) is 35.6 Å². The molecule has 1 aliphatic heterocycles. The van der Waals surface area contributed by atoms with Gasteiger partial charge in [-0.25, -0.2) is 9.97 Å². The lowest BCUT2D eigenvalue weighted by Crippen LogP contribution is -2.28. The number of aryl methyl sites for hydroxylation is 2. The number of hydrogen-bond acceptors (Lipinski definition) is 6. The van der Waals surface area contributed by atoms with Crippen molar-refractivity contribution in [3.05, 3.63) is 29.0 Å². The average molecular weight is 341 g/mol. The van der Waals surface area contributed by atoms with Gasteiger partial charge in [0.25, 0.3) is 0 Å². The molecular formula is C18H27N7. The summed E-state index contributed by atoms with van der Waals surface area (Å²) in [4.78, 5) is 12.0. The van der Waals surface area contributed by atoms with E-state index in [1.54, 1.807) is 0 Å². The first-order valence-corrected chi connectivity index (χ1v) is 9.37. The van der Waals surface area contributed by atoms with E-state index >= 15 is 0 Å². The van der Waals surface area contributed by atoms with Gasteiger partial charge in [0, 0.05) is 44.4 Å². The van der Waals surface area contributed by atoms with Gasteiger partial charge in [-0.1, -0.05) is 5.21 Å². The third-order valence-electron chi connectivity index (χ3n) is 5.05. The van der Waals surface area contributed by atoms with E-state index in [9.17, 15) is 0 Å². The highest BCUT2D eigenvalue weighted by atomic mass is 15.4. The summed E-state index contributed by atoms with van der Waals surface area (Å²) in [6.45, 7) is 9.01. The number of fused-ring (bicyclic) bond motifs is 1. The van der Waals surface area contributed by atoms with E-state index in [0.717, 1.165) is 62.3 Å². The molecule has 3 heterocycles. The number of nitrogens with zero attached hydrogens (tertiary/aromatic N) is 6. The molecule has 0 saturated heterocycles. The van der Waals surface area contributed by atoms with Gasteiger partial charge >= 0.3 is 0 Å². The van der Waals surface area contributed by atoms with Crippen LogP contribution >= 0.6 is 0 Å². The molecule has 2 aromatic rings. The van der Waals surface area contributed by atoms with Crippen LogP contribution in [0.25, 0.3) is 0 Å². The van der Waals surface area contributed by atoms with Gasteiger partial charge in [-0.3, -0.25) is 4.68 Å². The summed E-state index contributed by atoms with van der Waals surface area (Å²) in [5.74, 6) is 2.80. The minimum absolute atomic E-state index is 0.784. The van der Waals surface area contributed by atoms with Crippen LogP contribution in [0.15, 0.2) is 6.20 Å². The van der Waals surface area contributed by atoms with Crippen LogP contribution in [0.5, 0.6) is 0 Å². The summed E-state index contributed by atoms with van der Waals surface area (Å²) < 4.78 is 1.87. The zero-order chi connectivity index (χ0) is 17.2. The third kappa shape index (κ3) is 4.15. The summed E-state index contributed by atoms with van der Waals surface area (Å²) in [6, 6.07) is 0. The Labute approximate surface area is 148 Å². The Hall–Kier alpha value is -2.02. The lowest BCUT2D eigenvalue weighted by molar-refractivity contribution is 0.275. The molecule has 134 valence electrons. The molecule has 0 amide bonds. The molecule has 7 nitrogen and oxygen atoms in total. The van der Waals surface area contributed by atoms with Crippen LogP contribution in [0.2, 0.25) is 0 Å². The fraction of sp³-hybridized carbons (Fsp3) is 0.667. The molecule has 1 aliphatic carbocycles. The fourth-order valence-corrected chi connectivity index (χ4v) is 3.56.